The third-order valence-corrected chi connectivity index (χ3v) is 2.81. The third-order valence-electron chi connectivity index (χ3n) is 2.81. The van der Waals surface area contributed by atoms with E-state index in [9.17, 15) is 0 Å². The summed E-state index contributed by atoms with van der Waals surface area (Å²) >= 11 is 0. The lowest BCUT2D eigenvalue weighted by Gasteiger charge is -2.08. The number of aromatic nitrogens is 3. The van der Waals surface area contributed by atoms with Gasteiger partial charge < -0.3 is 5.32 Å². The first kappa shape index (κ1) is 12.8. The van der Waals surface area contributed by atoms with Crippen molar-refractivity contribution in [2.24, 2.45) is 0 Å². The van der Waals surface area contributed by atoms with E-state index in [4.69, 9.17) is 0 Å². The largest absolute Gasteiger partial charge is 0.311 e. The van der Waals surface area contributed by atoms with Gasteiger partial charge in [0.05, 0.1) is 5.69 Å². The Balaban J connectivity index is 2.16. The van der Waals surface area contributed by atoms with Gasteiger partial charge in [-0.2, -0.15) is 0 Å². The second-order valence-electron chi connectivity index (χ2n) is 4.23. The van der Waals surface area contributed by atoms with Crippen LogP contribution < -0.4 is 5.32 Å². The summed E-state index contributed by atoms with van der Waals surface area (Å²) in [5, 5.41) is 3.37. The first-order valence-corrected chi connectivity index (χ1v) is 6.54. The molecule has 1 N–H and O–H groups in total. The van der Waals surface area contributed by atoms with Gasteiger partial charge in [-0.05, 0) is 25.1 Å². The van der Waals surface area contributed by atoms with Crippen molar-refractivity contribution in [1.29, 1.82) is 0 Å². The normalized spacial score (nSPS) is 10.8. The van der Waals surface area contributed by atoms with E-state index in [1.165, 1.54) is 0 Å². The molecular weight excluding hydrogens is 224 g/mol. The van der Waals surface area contributed by atoms with Crippen LogP contribution >= 0.6 is 0 Å². The number of hydrogen-bond acceptors (Lipinski definition) is 3. The molecule has 0 aliphatic carbocycles. The Bertz CT molecular complexity index is 490. The van der Waals surface area contributed by atoms with Gasteiger partial charge in [-0.1, -0.05) is 19.9 Å². The molecule has 2 heterocycles. The highest BCUT2D eigenvalue weighted by molar-refractivity contribution is 5.26. The van der Waals surface area contributed by atoms with Gasteiger partial charge in [0.25, 0.3) is 0 Å². The van der Waals surface area contributed by atoms with Crippen LogP contribution in [0.25, 0.3) is 5.82 Å². The summed E-state index contributed by atoms with van der Waals surface area (Å²) in [5.74, 6) is 1.99. The Kier molecular flexibility index (Phi) is 4.47. The highest BCUT2D eigenvalue weighted by Gasteiger charge is 2.04. The molecule has 4 heteroatoms. The first-order chi connectivity index (χ1) is 8.85. The number of pyridine rings is 1. The van der Waals surface area contributed by atoms with Gasteiger partial charge in [0, 0.05) is 25.4 Å². The Morgan fingerprint density at radius 1 is 1.28 bits per heavy atom. The smallest absolute Gasteiger partial charge is 0.138 e. The maximum absolute atomic E-state index is 4.66. The van der Waals surface area contributed by atoms with E-state index in [2.05, 4.69) is 35.2 Å². The number of nitrogens with one attached hydrogen (secondary N) is 1. The van der Waals surface area contributed by atoms with Crippen LogP contribution in [-0.2, 0) is 13.0 Å². The van der Waals surface area contributed by atoms with Crippen molar-refractivity contribution in [2.75, 3.05) is 6.54 Å². The standard InChI is InChI=1S/C14H20N4/c1-3-8-15-11-12-6-5-7-14(17-12)18-10-9-16-13(18)4-2/h5-7,9-10,15H,3-4,8,11H2,1-2H3. The molecule has 96 valence electrons. The Hall–Kier alpha value is -1.68. The zero-order chi connectivity index (χ0) is 12.8. The molecule has 2 rings (SSSR count). The highest BCUT2D eigenvalue weighted by atomic mass is 15.1. The van der Waals surface area contributed by atoms with Crippen molar-refractivity contribution in [3.8, 4) is 5.82 Å². The SMILES string of the molecule is CCCNCc1cccc(-n2ccnc2CC)n1. The van der Waals surface area contributed by atoms with Gasteiger partial charge in [-0.25, -0.2) is 9.97 Å². The van der Waals surface area contributed by atoms with Crippen molar-refractivity contribution in [2.45, 2.75) is 33.2 Å². The van der Waals surface area contributed by atoms with Crippen LogP contribution in [0.3, 0.4) is 0 Å². The van der Waals surface area contributed by atoms with E-state index in [-0.39, 0.29) is 0 Å². The summed E-state index contributed by atoms with van der Waals surface area (Å²) in [4.78, 5) is 8.98. The van der Waals surface area contributed by atoms with Gasteiger partial charge >= 0.3 is 0 Å². The number of hydrogen-bond donors (Lipinski definition) is 1. The molecule has 0 saturated carbocycles. The first-order valence-electron chi connectivity index (χ1n) is 6.54. The predicted octanol–water partition coefficient (Wildman–Crippen LogP) is 2.33. The van der Waals surface area contributed by atoms with E-state index < -0.39 is 0 Å². The number of imidazole rings is 1. The molecule has 18 heavy (non-hydrogen) atoms. The van der Waals surface area contributed by atoms with Crippen LogP contribution in [0.2, 0.25) is 0 Å². The minimum absolute atomic E-state index is 0.817. The van der Waals surface area contributed by atoms with E-state index in [0.29, 0.717) is 0 Å². The van der Waals surface area contributed by atoms with Crippen molar-refractivity contribution in [3.63, 3.8) is 0 Å². The Morgan fingerprint density at radius 2 is 2.17 bits per heavy atom. The van der Waals surface area contributed by atoms with Crippen LogP contribution in [0.4, 0.5) is 0 Å². The number of aryl methyl sites for hydroxylation is 1. The summed E-state index contributed by atoms with van der Waals surface area (Å²) in [6, 6.07) is 6.11. The molecule has 0 spiro atoms. The van der Waals surface area contributed by atoms with Gasteiger partial charge in [-0.15, -0.1) is 0 Å². The molecule has 0 bridgehead atoms. The Morgan fingerprint density at radius 3 is 2.94 bits per heavy atom. The Labute approximate surface area is 108 Å². The van der Waals surface area contributed by atoms with Crippen molar-refractivity contribution in [1.82, 2.24) is 19.9 Å². The van der Waals surface area contributed by atoms with Crippen molar-refractivity contribution >= 4 is 0 Å². The second kappa shape index (κ2) is 6.31. The fourth-order valence-electron chi connectivity index (χ4n) is 1.90. The fraction of sp³-hybridized carbons (Fsp3) is 0.429. The minimum atomic E-state index is 0.817. The molecule has 0 saturated heterocycles. The lowest BCUT2D eigenvalue weighted by Crippen LogP contribution is -2.15. The molecular formula is C14H20N4. The van der Waals surface area contributed by atoms with E-state index in [0.717, 1.165) is 43.3 Å². The van der Waals surface area contributed by atoms with Gasteiger partial charge in [0.2, 0.25) is 0 Å². The average molecular weight is 244 g/mol. The maximum atomic E-state index is 4.66. The molecule has 0 aromatic carbocycles. The van der Waals surface area contributed by atoms with Crippen molar-refractivity contribution < 1.29 is 0 Å². The molecule has 2 aromatic rings. The molecule has 0 atom stereocenters. The quantitative estimate of drug-likeness (QED) is 0.793. The topological polar surface area (TPSA) is 42.7 Å². The molecule has 0 amide bonds. The highest BCUT2D eigenvalue weighted by Crippen LogP contribution is 2.09. The van der Waals surface area contributed by atoms with Crippen LogP contribution in [0.5, 0.6) is 0 Å². The van der Waals surface area contributed by atoms with Crippen LogP contribution in [0.15, 0.2) is 30.6 Å². The molecule has 0 aliphatic heterocycles. The number of nitrogens with zero attached hydrogens (tertiary/aromatic N) is 3. The molecule has 0 aliphatic rings. The van der Waals surface area contributed by atoms with Gasteiger partial charge in [-0.3, -0.25) is 4.57 Å². The molecule has 4 nitrogen and oxygen atoms in total. The third kappa shape index (κ3) is 2.96. The van der Waals surface area contributed by atoms with E-state index in [1.54, 1.807) is 0 Å². The predicted molar refractivity (Wildman–Crippen MR) is 72.7 cm³/mol. The monoisotopic (exact) mass is 244 g/mol. The maximum Gasteiger partial charge on any atom is 0.138 e. The number of rotatable bonds is 6. The average Bonchev–Trinajstić information content (AvgIpc) is 2.88. The minimum Gasteiger partial charge on any atom is -0.311 e. The van der Waals surface area contributed by atoms with Crippen LogP contribution in [-0.4, -0.2) is 21.1 Å². The molecule has 0 fully saturated rings. The fourth-order valence-corrected chi connectivity index (χ4v) is 1.90. The summed E-state index contributed by atoms with van der Waals surface area (Å²) in [7, 11) is 0. The van der Waals surface area contributed by atoms with Gasteiger partial charge in [0.15, 0.2) is 0 Å². The summed E-state index contributed by atoms with van der Waals surface area (Å²) in [6.07, 6.45) is 5.83. The summed E-state index contributed by atoms with van der Waals surface area (Å²) < 4.78 is 2.04. The van der Waals surface area contributed by atoms with Crippen molar-refractivity contribution in [3.05, 3.63) is 42.1 Å². The molecule has 2 aromatic heterocycles. The van der Waals surface area contributed by atoms with Crippen LogP contribution in [0, 0.1) is 0 Å². The molecule has 0 radical (unpaired) electrons. The lowest BCUT2D eigenvalue weighted by molar-refractivity contribution is 0.662. The second-order valence-corrected chi connectivity index (χ2v) is 4.23. The van der Waals surface area contributed by atoms with E-state index >= 15 is 0 Å². The van der Waals surface area contributed by atoms with Crippen LogP contribution in [0.1, 0.15) is 31.8 Å². The molecule has 0 unspecified atom stereocenters. The summed E-state index contributed by atoms with van der Waals surface area (Å²) in [6.45, 7) is 6.11. The zero-order valence-corrected chi connectivity index (χ0v) is 11.1. The lowest BCUT2D eigenvalue weighted by atomic mass is 10.3. The van der Waals surface area contributed by atoms with E-state index in [1.807, 2.05) is 29.1 Å². The summed E-state index contributed by atoms with van der Waals surface area (Å²) in [5.41, 5.74) is 1.07. The van der Waals surface area contributed by atoms with Gasteiger partial charge in [0.1, 0.15) is 11.6 Å². The zero-order valence-electron chi connectivity index (χ0n) is 11.1.